The smallest absolute Gasteiger partial charge is 0.187 e. The summed E-state index contributed by atoms with van der Waals surface area (Å²) >= 11 is 1.56. The molecule has 1 aromatic heterocycles. The standard InChI is InChI=1S/C20H27N3O2S/c1-26-19-21-13-17(14-22-19)15-23-10-7-20(16-24,8-11-23)9-12-25-18-5-3-2-4-6-18/h2-6,13-14,24H,7-12,15-16H2,1H3. The van der Waals surface area contributed by atoms with Crippen LogP contribution in [-0.4, -0.2) is 52.5 Å². The normalized spacial score (nSPS) is 17.2. The first kappa shape index (κ1) is 19.1. The van der Waals surface area contributed by atoms with Gasteiger partial charge < -0.3 is 9.84 Å². The second-order valence-corrected chi connectivity index (χ2v) is 7.70. The average molecular weight is 374 g/mol. The number of hydrogen-bond acceptors (Lipinski definition) is 6. The number of nitrogens with zero attached hydrogens (tertiary/aromatic N) is 3. The van der Waals surface area contributed by atoms with Crippen molar-refractivity contribution in [1.82, 2.24) is 14.9 Å². The number of rotatable bonds is 8. The molecule has 5 nitrogen and oxygen atoms in total. The molecule has 1 aromatic carbocycles. The van der Waals surface area contributed by atoms with E-state index in [0.717, 1.165) is 55.4 Å². The number of benzene rings is 1. The highest BCUT2D eigenvalue weighted by Gasteiger charge is 2.34. The SMILES string of the molecule is CSc1ncc(CN2CCC(CO)(CCOc3ccccc3)CC2)cn1. The van der Waals surface area contributed by atoms with Gasteiger partial charge in [-0.25, -0.2) is 9.97 Å². The zero-order valence-electron chi connectivity index (χ0n) is 15.3. The van der Waals surface area contributed by atoms with Crippen LogP contribution < -0.4 is 4.74 Å². The van der Waals surface area contributed by atoms with E-state index in [1.807, 2.05) is 49.0 Å². The molecule has 0 unspecified atom stereocenters. The van der Waals surface area contributed by atoms with E-state index in [9.17, 15) is 5.11 Å². The first-order valence-electron chi connectivity index (χ1n) is 9.09. The molecule has 0 bridgehead atoms. The zero-order valence-corrected chi connectivity index (χ0v) is 16.1. The molecule has 3 rings (SSSR count). The second kappa shape index (κ2) is 9.35. The number of likely N-dealkylation sites (tertiary alicyclic amines) is 1. The Morgan fingerprint density at radius 2 is 1.85 bits per heavy atom. The highest BCUT2D eigenvalue weighted by molar-refractivity contribution is 7.98. The van der Waals surface area contributed by atoms with Crippen molar-refractivity contribution in [3.63, 3.8) is 0 Å². The number of aliphatic hydroxyl groups excluding tert-OH is 1. The molecule has 0 amide bonds. The van der Waals surface area contributed by atoms with Crippen molar-refractivity contribution in [2.75, 3.05) is 32.6 Å². The molecule has 2 aromatic rings. The van der Waals surface area contributed by atoms with Crippen molar-refractivity contribution in [2.24, 2.45) is 5.41 Å². The van der Waals surface area contributed by atoms with Crippen molar-refractivity contribution in [1.29, 1.82) is 0 Å². The molecule has 6 heteroatoms. The van der Waals surface area contributed by atoms with Gasteiger partial charge in [0.1, 0.15) is 5.75 Å². The molecule has 0 aliphatic carbocycles. The van der Waals surface area contributed by atoms with Gasteiger partial charge in [0.2, 0.25) is 0 Å². The van der Waals surface area contributed by atoms with Crippen LogP contribution in [0, 0.1) is 5.41 Å². The minimum atomic E-state index is -0.0233. The van der Waals surface area contributed by atoms with Crippen molar-refractivity contribution in [2.45, 2.75) is 31.0 Å². The molecule has 0 atom stereocenters. The Morgan fingerprint density at radius 1 is 1.15 bits per heavy atom. The van der Waals surface area contributed by atoms with Crippen LogP contribution in [0.4, 0.5) is 0 Å². The fourth-order valence-corrected chi connectivity index (χ4v) is 3.68. The van der Waals surface area contributed by atoms with E-state index in [-0.39, 0.29) is 12.0 Å². The van der Waals surface area contributed by atoms with E-state index in [4.69, 9.17) is 4.74 Å². The quantitative estimate of drug-likeness (QED) is 0.566. The van der Waals surface area contributed by atoms with E-state index in [1.165, 1.54) is 0 Å². The molecule has 0 spiro atoms. The van der Waals surface area contributed by atoms with E-state index in [0.29, 0.717) is 6.61 Å². The third kappa shape index (κ3) is 5.19. The number of aromatic nitrogens is 2. The molecule has 140 valence electrons. The molecular formula is C20H27N3O2S. The van der Waals surface area contributed by atoms with Crippen LogP contribution >= 0.6 is 11.8 Å². The fourth-order valence-electron chi connectivity index (χ4n) is 3.36. The third-order valence-electron chi connectivity index (χ3n) is 5.17. The molecule has 1 fully saturated rings. The van der Waals surface area contributed by atoms with E-state index >= 15 is 0 Å². The van der Waals surface area contributed by atoms with Gasteiger partial charge >= 0.3 is 0 Å². The molecule has 1 aliphatic rings. The van der Waals surface area contributed by atoms with Crippen LogP contribution in [0.25, 0.3) is 0 Å². The highest BCUT2D eigenvalue weighted by atomic mass is 32.2. The van der Waals surface area contributed by atoms with Gasteiger partial charge in [0, 0.05) is 31.1 Å². The summed E-state index contributed by atoms with van der Waals surface area (Å²) in [6.45, 7) is 3.71. The maximum Gasteiger partial charge on any atom is 0.187 e. The van der Waals surface area contributed by atoms with Gasteiger partial charge in [-0.3, -0.25) is 4.90 Å². The van der Waals surface area contributed by atoms with Crippen LogP contribution in [-0.2, 0) is 6.54 Å². The Bertz CT molecular complexity index is 659. The Morgan fingerprint density at radius 3 is 2.46 bits per heavy atom. The van der Waals surface area contributed by atoms with Gasteiger partial charge in [0.25, 0.3) is 0 Å². The van der Waals surface area contributed by atoms with E-state index < -0.39 is 0 Å². The summed E-state index contributed by atoms with van der Waals surface area (Å²) in [5.41, 5.74) is 1.12. The molecule has 1 saturated heterocycles. The summed E-state index contributed by atoms with van der Waals surface area (Å²) in [7, 11) is 0. The molecule has 26 heavy (non-hydrogen) atoms. The summed E-state index contributed by atoms with van der Waals surface area (Å²) < 4.78 is 5.84. The molecule has 0 radical (unpaired) electrons. The van der Waals surface area contributed by atoms with Crippen molar-refractivity contribution >= 4 is 11.8 Å². The first-order valence-corrected chi connectivity index (χ1v) is 10.3. The summed E-state index contributed by atoms with van der Waals surface area (Å²) in [6, 6.07) is 9.88. The van der Waals surface area contributed by atoms with Crippen LogP contribution in [0.3, 0.4) is 0 Å². The van der Waals surface area contributed by atoms with Crippen molar-refractivity contribution < 1.29 is 9.84 Å². The lowest BCUT2D eigenvalue weighted by molar-refractivity contribution is 0.0242. The van der Waals surface area contributed by atoms with Crippen molar-refractivity contribution in [3.8, 4) is 5.75 Å². The average Bonchev–Trinajstić information content (AvgIpc) is 2.71. The minimum Gasteiger partial charge on any atom is -0.494 e. The van der Waals surface area contributed by atoms with Crippen LogP contribution in [0.1, 0.15) is 24.8 Å². The molecule has 1 aliphatic heterocycles. The molecule has 0 saturated carbocycles. The summed E-state index contributed by atoms with van der Waals surface area (Å²) in [5.74, 6) is 0.895. The maximum atomic E-state index is 9.98. The second-order valence-electron chi connectivity index (χ2n) is 6.92. The lowest BCUT2D eigenvalue weighted by Crippen LogP contribution is -2.42. The number of thioether (sulfide) groups is 1. The number of hydrogen-bond donors (Lipinski definition) is 1. The lowest BCUT2D eigenvalue weighted by Gasteiger charge is -2.40. The largest absolute Gasteiger partial charge is 0.494 e. The van der Waals surface area contributed by atoms with Gasteiger partial charge in [-0.05, 0) is 56.2 Å². The Kier molecular flexibility index (Phi) is 6.88. The van der Waals surface area contributed by atoms with Crippen LogP contribution in [0.2, 0.25) is 0 Å². The number of piperidine rings is 1. The highest BCUT2D eigenvalue weighted by Crippen LogP contribution is 2.35. The van der Waals surface area contributed by atoms with Gasteiger partial charge in [-0.15, -0.1) is 0 Å². The monoisotopic (exact) mass is 373 g/mol. The van der Waals surface area contributed by atoms with Gasteiger partial charge in [0.05, 0.1) is 6.61 Å². The molecule has 2 heterocycles. The molecule has 1 N–H and O–H groups in total. The number of aliphatic hydroxyl groups is 1. The van der Waals surface area contributed by atoms with Crippen molar-refractivity contribution in [3.05, 3.63) is 48.3 Å². The minimum absolute atomic E-state index is 0.0233. The summed E-state index contributed by atoms with van der Waals surface area (Å²) in [6.07, 6.45) is 8.69. The number of para-hydroxylation sites is 1. The van der Waals surface area contributed by atoms with Gasteiger partial charge in [-0.2, -0.15) is 0 Å². The maximum absolute atomic E-state index is 9.98. The van der Waals surface area contributed by atoms with Crippen LogP contribution in [0.5, 0.6) is 5.75 Å². The summed E-state index contributed by atoms with van der Waals surface area (Å²) in [5, 5.41) is 10.8. The van der Waals surface area contributed by atoms with Gasteiger partial charge in [-0.1, -0.05) is 30.0 Å². The topological polar surface area (TPSA) is 58.5 Å². The molecular weight excluding hydrogens is 346 g/mol. The Labute approximate surface area is 159 Å². The Hall–Kier alpha value is -1.63. The van der Waals surface area contributed by atoms with E-state index in [2.05, 4.69) is 14.9 Å². The first-order chi connectivity index (χ1) is 12.7. The third-order valence-corrected chi connectivity index (χ3v) is 5.74. The lowest BCUT2D eigenvalue weighted by atomic mass is 9.76. The predicted octanol–water partition coefficient (Wildman–Crippen LogP) is 3.24. The predicted molar refractivity (Wildman–Crippen MR) is 104 cm³/mol. The fraction of sp³-hybridized carbons (Fsp3) is 0.500. The zero-order chi connectivity index (χ0) is 18.2. The Balaban J connectivity index is 1.46. The van der Waals surface area contributed by atoms with E-state index in [1.54, 1.807) is 11.8 Å². The number of ether oxygens (including phenoxy) is 1. The summed E-state index contributed by atoms with van der Waals surface area (Å²) in [4.78, 5) is 11.1. The van der Waals surface area contributed by atoms with Gasteiger partial charge in [0.15, 0.2) is 5.16 Å². The van der Waals surface area contributed by atoms with Crippen LogP contribution in [0.15, 0.2) is 47.9 Å².